The molecule has 1 aromatic heterocycles. The van der Waals surface area contributed by atoms with Gasteiger partial charge in [-0.2, -0.15) is 0 Å². The first kappa shape index (κ1) is 16.7. The maximum Gasteiger partial charge on any atom is 0.328 e. The van der Waals surface area contributed by atoms with Gasteiger partial charge in [-0.1, -0.05) is 12.1 Å². The number of carbonyl (C=O) groups is 1. The molecular weight excluding hydrogens is 322 g/mol. The van der Waals surface area contributed by atoms with E-state index in [1.807, 2.05) is 0 Å². The second kappa shape index (κ2) is 7.55. The zero-order chi connectivity index (χ0) is 16.8. The molecule has 0 aliphatic rings. The Bertz CT molecular complexity index is 706. The lowest BCUT2D eigenvalue weighted by Gasteiger charge is -2.10. The molecular formula is C15H14ClN3O4. The average Bonchev–Trinajstić information content (AvgIpc) is 2.55. The number of nitrogens with one attached hydrogen (secondary N) is 1. The van der Waals surface area contributed by atoms with E-state index in [4.69, 9.17) is 16.3 Å². The highest BCUT2D eigenvalue weighted by Gasteiger charge is 2.19. The molecule has 1 N–H and O–H groups in total. The molecule has 0 saturated heterocycles. The molecule has 0 saturated carbocycles. The zero-order valence-electron chi connectivity index (χ0n) is 12.2. The lowest BCUT2D eigenvalue weighted by atomic mass is 10.1. The van der Waals surface area contributed by atoms with Crippen molar-refractivity contribution in [3.05, 3.63) is 58.3 Å². The third-order valence-corrected chi connectivity index (χ3v) is 3.37. The molecule has 1 aromatic carbocycles. The number of halogens is 1. The van der Waals surface area contributed by atoms with Crippen LogP contribution in [0.4, 0.5) is 17.2 Å². The van der Waals surface area contributed by atoms with Crippen molar-refractivity contribution in [2.24, 2.45) is 0 Å². The average molecular weight is 336 g/mol. The molecule has 2 aromatic rings. The fraction of sp³-hybridized carbons (Fsp3) is 0.200. The summed E-state index contributed by atoms with van der Waals surface area (Å²) in [4.78, 5) is 26.0. The van der Waals surface area contributed by atoms with E-state index in [-0.39, 0.29) is 18.1 Å². The van der Waals surface area contributed by atoms with Gasteiger partial charge in [0.1, 0.15) is 0 Å². The SMILES string of the molecule is CCOC(=O)C(Cl)c1ccc(Nc2ncccc2[N+](=O)[O-])cc1. The van der Waals surface area contributed by atoms with Crippen LogP contribution in [0.3, 0.4) is 0 Å². The maximum absolute atomic E-state index is 11.6. The van der Waals surface area contributed by atoms with Crippen molar-refractivity contribution >= 4 is 34.8 Å². The Morgan fingerprint density at radius 3 is 2.70 bits per heavy atom. The minimum Gasteiger partial charge on any atom is -0.465 e. The Labute approximate surface area is 137 Å². The highest BCUT2D eigenvalue weighted by molar-refractivity contribution is 6.29. The van der Waals surface area contributed by atoms with Gasteiger partial charge < -0.3 is 10.1 Å². The second-order valence-electron chi connectivity index (χ2n) is 4.49. The van der Waals surface area contributed by atoms with Crippen molar-refractivity contribution in [3.8, 4) is 0 Å². The predicted octanol–water partition coefficient (Wildman–Crippen LogP) is 3.58. The van der Waals surface area contributed by atoms with Gasteiger partial charge in [0.2, 0.25) is 5.82 Å². The monoisotopic (exact) mass is 335 g/mol. The van der Waals surface area contributed by atoms with E-state index in [1.54, 1.807) is 31.2 Å². The summed E-state index contributed by atoms with van der Waals surface area (Å²) in [6.07, 6.45) is 1.46. The van der Waals surface area contributed by atoms with Gasteiger partial charge in [0.15, 0.2) is 5.38 Å². The summed E-state index contributed by atoms with van der Waals surface area (Å²) in [6, 6.07) is 9.45. The number of ether oxygens (including phenoxy) is 1. The van der Waals surface area contributed by atoms with E-state index in [0.717, 1.165) is 0 Å². The van der Waals surface area contributed by atoms with E-state index in [9.17, 15) is 14.9 Å². The van der Waals surface area contributed by atoms with Crippen LogP contribution in [0.2, 0.25) is 0 Å². The first-order chi connectivity index (χ1) is 11.0. The Kier molecular flexibility index (Phi) is 5.48. The fourth-order valence-electron chi connectivity index (χ4n) is 1.86. The first-order valence-electron chi connectivity index (χ1n) is 6.80. The van der Waals surface area contributed by atoms with Crippen molar-refractivity contribution < 1.29 is 14.5 Å². The van der Waals surface area contributed by atoms with Crippen molar-refractivity contribution in [3.63, 3.8) is 0 Å². The van der Waals surface area contributed by atoms with E-state index >= 15 is 0 Å². The molecule has 0 bridgehead atoms. The molecule has 1 unspecified atom stereocenters. The molecule has 1 heterocycles. The summed E-state index contributed by atoms with van der Waals surface area (Å²) in [5.41, 5.74) is 1.03. The topological polar surface area (TPSA) is 94.4 Å². The van der Waals surface area contributed by atoms with Crippen LogP contribution in [0.5, 0.6) is 0 Å². The highest BCUT2D eigenvalue weighted by atomic mass is 35.5. The van der Waals surface area contributed by atoms with E-state index in [1.165, 1.54) is 18.3 Å². The van der Waals surface area contributed by atoms with Crippen LogP contribution in [0.25, 0.3) is 0 Å². The Morgan fingerprint density at radius 2 is 2.09 bits per heavy atom. The van der Waals surface area contributed by atoms with Gasteiger partial charge in [-0.3, -0.25) is 14.9 Å². The molecule has 120 valence electrons. The third kappa shape index (κ3) is 4.17. The van der Waals surface area contributed by atoms with Crippen LogP contribution in [0.15, 0.2) is 42.6 Å². The summed E-state index contributed by atoms with van der Waals surface area (Å²) < 4.78 is 4.85. The van der Waals surface area contributed by atoms with Gasteiger partial charge in [0.25, 0.3) is 0 Å². The van der Waals surface area contributed by atoms with E-state index < -0.39 is 16.3 Å². The predicted molar refractivity (Wildman–Crippen MR) is 85.8 cm³/mol. The van der Waals surface area contributed by atoms with E-state index in [2.05, 4.69) is 10.3 Å². The molecule has 1 atom stereocenters. The number of nitrogens with zero attached hydrogens (tertiary/aromatic N) is 2. The van der Waals surface area contributed by atoms with Gasteiger partial charge in [0.05, 0.1) is 11.5 Å². The molecule has 0 aliphatic heterocycles. The summed E-state index contributed by atoms with van der Waals surface area (Å²) in [6.45, 7) is 1.96. The second-order valence-corrected chi connectivity index (χ2v) is 4.93. The molecule has 8 heteroatoms. The Morgan fingerprint density at radius 1 is 1.39 bits per heavy atom. The smallest absolute Gasteiger partial charge is 0.328 e. The lowest BCUT2D eigenvalue weighted by molar-refractivity contribution is -0.384. The molecule has 0 amide bonds. The number of alkyl halides is 1. The van der Waals surface area contributed by atoms with Crippen LogP contribution in [-0.4, -0.2) is 22.5 Å². The highest BCUT2D eigenvalue weighted by Crippen LogP contribution is 2.27. The molecule has 0 radical (unpaired) electrons. The number of pyridine rings is 1. The van der Waals surface area contributed by atoms with Crippen LogP contribution in [-0.2, 0) is 9.53 Å². The zero-order valence-corrected chi connectivity index (χ0v) is 13.0. The van der Waals surface area contributed by atoms with Crippen molar-refractivity contribution in [2.45, 2.75) is 12.3 Å². The minimum atomic E-state index is -0.895. The quantitative estimate of drug-likeness (QED) is 0.375. The molecule has 0 fully saturated rings. The number of rotatable bonds is 6. The number of hydrogen-bond acceptors (Lipinski definition) is 6. The third-order valence-electron chi connectivity index (χ3n) is 2.94. The molecule has 23 heavy (non-hydrogen) atoms. The minimum absolute atomic E-state index is 0.127. The van der Waals surface area contributed by atoms with Crippen LogP contribution >= 0.6 is 11.6 Å². The molecule has 0 spiro atoms. The summed E-state index contributed by atoms with van der Waals surface area (Å²) in [5, 5.41) is 12.9. The van der Waals surface area contributed by atoms with Gasteiger partial charge in [0, 0.05) is 18.0 Å². The summed E-state index contributed by atoms with van der Waals surface area (Å²) in [5.74, 6) is -0.381. The van der Waals surface area contributed by atoms with Crippen LogP contribution in [0.1, 0.15) is 17.9 Å². The first-order valence-corrected chi connectivity index (χ1v) is 7.23. The van der Waals surface area contributed by atoms with Gasteiger partial charge >= 0.3 is 11.7 Å². The molecule has 7 nitrogen and oxygen atoms in total. The number of nitro groups is 1. The number of aromatic nitrogens is 1. The summed E-state index contributed by atoms with van der Waals surface area (Å²) in [7, 11) is 0. The van der Waals surface area contributed by atoms with E-state index in [0.29, 0.717) is 11.3 Å². The van der Waals surface area contributed by atoms with Crippen molar-refractivity contribution in [2.75, 3.05) is 11.9 Å². The molecule has 0 aliphatic carbocycles. The number of esters is 1. The van der Waals surface area contributed by atoms with Crippen LogP contribution in [0, 0.1) is 10.1 Å². The Balaban J connectivity index is 2.15. The largest absolute Gasteiger partial charge is 0.465 e. The molecule has 2 rings (SSSR count). The maximum atomic E-state index is 11.6. The standard InChI is InChI=1S/C15H14ClN3O4/c1-2-23-15(20)13(16)10-5-7-11(8-6-10)18-14-12(19(21)22)4-3-9-17-14/h3-9,13H,2H2,1H3,(H,17,18). The number of carbonyl (C=O) groups excluding carboxylic acids is 1. The number of hydrogen-bond donors (Lipinski definition) is 1. The van der Waals surface area contributed by atoms with Crippen LogP contribution < -0.4 is 5.32 Å². The number of anilines is 2. The van der Waals surface area contributed by atoms with Crippen molar-refractivity contribution in [1.29, 1.82) is 0 Å². The van der Waals surface area contributed by atoms with Gasteiger partial charge in [-0.15, -0.1) is 11.6 Å². The normalized spacial score (nSPS) is 11.6. The summed E-state index contributed by atoms with van der Waals surface area (Å²) >= 11 is 6.02. The fourth-order valence-corrected chi connectivity index (χ4v) is 2.07. The Hall–Kier alpha value is -2.67. The number of benzene rings is 1. The lowest BCUT2D eigenvalue weighted by Crippen LogP contribution is -2.11. The van der Waals surface area contributed by atoms with Gasteiger partial charge in [-0.05, 0) is 30.7 Å². The van der Waals surface area contributed by atoms with Gasteiger partial charge in [-0.25, -0.2) is 4.98 Å². The van der Waals surface area contributed by atoms with Crippen molar-refractivity contribution in [1.82, 2.24) is 4.98 Å².